The molecule has 1 aromatic carbocycles. The molecule has 0 aliphatic heterocycles. The van der Waals surface area contributed by atoms with Crippen LogP contribution in [0.15, 0.2) is 53.1 Å². The predicted octanol–water partition coefficient (Wildman–Crippen LogP) is 3.27. The van der Waals surface area contributed by atoms with Gasteiger partial charge in [0.15, 0.2) is 12.4 Å². The molecule has 122 valence electrons. The average molecular weight is 325 g/mol. The van der Waals surface area contributed by atoms with E-state index in [1.807, 2.05) is 18.2 Å². The van der Waals surface area contributed by atoms with E-state index in [4.69, 9.17) is 13.9 Å². The fourth-order valence-electron chi connectivity index (χ4n) is 2.20. The summed E-state index contributed by atoms with van der Waals surface area (Å²) in [5.74, 6) is -0.751. The monoisotopic (exact) mass is 325 g/mol. The number of para-hydroxylation sites is 1. The molecule has 0 aliphatic carbocycles. The third kappa shape index (κ3) is 3.27. The zero-order valence-electron chi connectivity index (χ0n) is 13.0. The highest BCUT2D eigenvalue weighted by atomic mass is 16.5. The van der Waals surface area contributed by atoms with E-state index in [2.05, 4.69) is 4.98 Å². The number of pyridine rings is 1. The van der Waals surface area contributed by atoms with Crippen LogP contribution in [0.2, 0.25) is 0 Å². The van der Waals surface area contributed by atoms with Gasteiger partial charge in [-0.2, -0.15) is 0 Å². The minimum atomic E-state index is -0.670. The number of aromatic nitrogens is 1. The van der Waals surface area contributed by atoms with E-state index in [0.717, 1.165) is 5.39 Å². The summed E-state index contributed by atoms with van der Waals surface area (Å²) in [6, 6.07) is 12.0. The normalized spacial score (nSPS) is 10.5. The molecule has 0 aliphatic rings. The highest BCUT2D eigenvalue weighted by Crippen LogP contribution is 2.20. The minimum absolute atomic E-state index is 0.153. The molecule has 0 saturated carbocycles. The van der Waals surface area contributed by atoms with E-state index in [0.29, 0.717) is 12.2 Å². The SMILES string of the molecule is CCOc1ncccc1C(=O)OCC(=O)c1cc2ccccc2o1. The zero-order chi connectivity index (χ0) is 16.9. The maximum Gasteiger partial charge on any atom is 0.344 e. The minimum Gasteiger partial charge on any atom is -0.477 e. The molecule has 6 nitrogen and oxygen atoms in total. The van der Waals surface area contributed by atoms with Crippen LogP contribution in [-0.2, 0) is 4.74 Å². The number of Topliss-reactive ketones (excluding diaryl/α,β-unsaturated/α-hetero) is 1. The number of benzene rings is 1. The Kier molecular flexibility index (Phi) is 4.56. The number of hydrogen-bond acceptors (Lipinski definition) is 6. The molecule has 0 unspecified atom stereocenters. The fourth-order valence-corrected chi connectivity index (χ4v) is 2.20. The summed E-state index contributed by atoms with van der Waals surface area (Å²) in [4.78, 5) is 28.2. The van der Waals surface area contributed by atoms with Gasteiger partial charge in [0.1, 0.15) is 11.1 Å². The number of nitrogens with zero attached hydrogens (tertiary/aromatic N) is 1. The number of ketones is 1. The highest BCUT2D eigenvalue weighted by Gasteiger charge is 2.18. The van der Waals surface area contributed by atoms with Gasteiger partial charge in [-0.3, -0.25) is 4.79 Å². The van der Waals surface area contributed by atoms with Gasteiger partial charge in [-0.05, 0) is 31.2 Å². The largest absolute Gasteiger partial charge is 0.477 e. The number of hydrogen-bond donors (Lipinski definition) is 0. The molecule has 2 heterocycles. The van der Waals surface area contributed by atoms with Gasteiger partial charge in [0.05, 0.1) is 6.61 Å². The molecule has 0 saturated heterocycles. The number of ether oxygens (including phenoxy) is 2. The van der Waals surface area contributed by atoms with Crippen molar-refractivity contribution < 1.29 is 23.5 Å². The van der Waals surface area contributed by atoms with Crippen molar-refractivity contribution in [3.63, 3.8) is 0 Å². The summed E-state index contributed by atoms with van der Waals surface area (Å²) < 4.78 is 15.8. The molecule has 24 heavy (non-hydrogen) atoms. The van der Waals surface area contributed by atoms with Crippen LogP contribution in [0.3, 0.4) is 0 Å². The summed E-state index contributed by atoms with van der Waals surface area (Å²) in [5.41, 5.74) is 0.787. The summed E-state index contributed by atoms with van der Waals surface area (Å²) in [5, 5.41) is 0.818. The second kappa shape index (κ2) is 6.95. The van der Waals surface area contributed by atoms with Crippen LogP contribution in [0.1, 0.15) is 27.8 Å². The molecule has 0 bridgehead atoms. The third-order valence-electron chi connectivity index (χ3n) is 3.31. The Bertz CT molecular complexity index is 851. The number of fused-ring (bicyclic) bond motifs is 1. The van der Waals surface area contributed by atoms with Gasteiger partial charge >= 0.3 is 5.97 Å². The molecule has 3 aromatic rings. The lowest BCUT2D eigenvalue weighted by atomic mass is 10.2. The molecule has 0 spiro atoms. The van der Waals surface area contributed by atoms with Crippen molar-refractivity contribution in [3.05, 3.63) is 60.0 Å². The number of rotatable bonds is 6. The molecule has 0 radical (unpaired) electrons. The predicted molar refractivity (Wildman–Crippen MR) is 86.2 cm³/mol. The Morgan fingerprint density at radius 3 is 2.79 bits per heavy atom. The topological polar surface area (TPSA) is 78.6 Å². The lowest BCUT2D eigenvalue weighted by molar-refractivity contribution is 0.0463. The second-order valence-electron chi connectivity index (χ2n) is 4.94. The first-order valence-electron chi connectivity index (χ1n) is 7.45. The van der Waals surface area contributed by atoms with Gasteiger partial charge in [0.25, 0.3) is 0 Å². The van der Waals surface area contributed by atoms with Crippen molar-refractivity contribution in [2.24, 2.45) is 0 Å². The molecule has 2 aromatic heterocycles. The average Bonchev–Trinajstić information content (AvgIpc) is 3.04. The third-order valence-corrected chi connectivity index (χ3v) is 3.31. The van der Waals surface area contributed by atoms with Gasteiger partial charge in [-0.25, -0.2) is 9.78 Å². The molecule has 3 rings (SSSR count). The van der Waals surface area contributed by atoms with Crippen LogP contribution in [0.5, 0.6) is 5.88 Å². The summed E-state index contributed by atoms with van der Waals surface area (Å²) in [6.45, 7) is 1.74. The summed E-state index contributed by atoms with van der Waals surface area (Å²) in [7, 11) is 0. The lowest BCUT2D eigenvalue weighted by Crippen LogP contribution is -2.15. The summed E-state index contributed by atoms with van der Waals surface area (Å²) in [6.07, 6.45) is 1.52. The van der Waals surface area contributed by atoms with Crippen molar-refractivity contribution >= 4 is 22.7 Å². The van der Waals surface area contributed by atoms with E-state index in [9.17, 15) is 9.59 Å². The molecule has 0 N–H and O–H groups in total. The van der Waals surface area contributed by atoms with Crippen molar-refractivity contribution in [1.29, 1.82) is 0 Å². The highest BCUT2D eigenvalue weighted by molar-refractivity contribution is 6.00. The first-order valence-corrected chi connectivity index (χ1v) is 7.45. The van der Waals surface area contributed by atoms with Crippen LogP contribution < -0.4 is 4.74 Å². The smallest absolute Gasteiger partial charge is 0.344 e. The number of carbonyl (C=O) groups excluding carboxylic acids is 2. The van der Waals surface area contributed by atoms with Crippen LogP contribution >= 0.6 is 0 Å². The maximum absolute atomic E-state index is 12.1. The number of furan rings is 1. The molecule has 0 atom stereocenters. The van der Waals surface area contributed by atoms with Gasteiger partial charge in [0, 0.05) is 11.6 Å². The molecule has 6 heteroatoms. The molecule has 0 amide bonds. The summed E-state index contributed by atoms with van der Waals surface area (Å²) >= 11 is 0. The van der Waals surface area contributed by atoms with E-state index in [-0.39, 0.29) is 17.2 Å². The van der Waals surface area contributed by atoms with Crippen molar-refractivity contribution in [2.45, 2.75) is 6.92 Å². The Hall–Kier alpha value is -3.15. The Morgan fingerprint density at radius 2 is 2.00 bits per heavy atom. The lowest BCUT2D eigenvalue weighted by Gasteiger charge is -2.07. The van der Waals surface area contributed by atoms with Crippen LogP contribution in [0.4, 0.5) is 0 Å². The van der Waals surface area contributed by atoms with Gasteiger partial charge < -0.3 is 13.9 Å². The fraction of sp³-hybridized carbons (Fsp3) is 0.167. The van der Waals surface area contributed by atoms with Gasteiger partial charge in [-0.1, -0.05) is 18.2 Å². The molecular formula is C18H15NO5. The first-order chi connectivity index (χ1) is 11.7. The Balaban J connectivity index is 1.68. The standard InChI is InChI=1S/C18H15NO5/c1-2-22-17-13(7-5-9-19-17)18(21)23-11-14(20)16-10-12-6-3-4-8-15(12)24-16/h3-10H,2,11H2,1H3. The van der Waals surface area contributed by atoms with Crippen LogP contribution in [-0.4, -0.2) is 30.0 Å². The van der Waals surface area contributed by atoms with Gasteiger partial charge in [0.2, 0.25) is 11.7 Å². The zero-order valence-corrected chi connectivity index (χ0v) is 13.0. The van der Waals surface area contributed by atoms with Crippen molar-refractivity contribution in [2.75, 3.05) is 13.2 Å². The quantitative estimate of drug-likeness (QED) is 0.511. The van der Waals surface area contributed by atoms with Crippen LogP contribution in [0.25, 0.3) is 11.0 Å². The van der Waals surface area contributed by atoms with E-state index >= 15 is 0 Å². The number of esters is 1. The maximum atomic E-state index is 12.1. The molecular weight excluding hydrogens is 310 g/mol. The van der Waals surface area contributed by atoms with Gasteiger partial charge in [-0.15, -0.1) is 0 Å². The van der Waals surface area contributed by atoms with E-state index < -0.39 is 18.4 Å². The molecule has 0 fully saturated rings. The second-order valence-corrected chi connectivity index (χ2v) is 4.94. The van der Waals surface area contributed by atoms with Crippen molar-refractivity contribution in [3.8, 4) is 5.88 Å². The Morgan fingerprint density at radius 1 is 1.17 bits per heavy atom. The first kappa shape index (κ1) is 15.7. The van der Waals surface area contributed by atoms with Crippen LogP contribution in [0, 0.1) is 0 Å². The van der Waals surface area contributed by atoms with E-state index in [1.54, 1.807) is 25.1 Å². The van der Waals surface area contributed by atoms with Crippen molar-refractivity contribution in [1.82, 2.24) is 4.98 Å². The van der Waals surface area contributed by atoms with E-state index in [1.165, 1.54) is 12.3 Å². The Labute approximate surface area is 138 Å². The number of carbonyl (C=O) groups is 2.